The van der Waals surface area contributed by atoms with Gasteiger partial charge in [-0.15, -0.1) is 5.10 Å². The zero-order valence-electron chi connectivity index (χ0n) is 14.5. The summed E-state index contributed by atoms with van der Waals surface area (Å²) in [6, 6.07) is 9.71. The van der Waals surface area contributed by atoms with Gasteiger partial charge < -0.3 is 9.64 Å². The number of aryl methyl sites for hydroxylation is 1. The molecule has 26 heavy (non-hydrogen) atoms. The molecule has 0 spiro atoms. The van der Waals surface area contributed by atoms with Gasteiger partial charge in [-0.2, -0.15) is 0 Å². The van der Waals surface area contributed by atoms with Crippen molar-refractivity contribution in [2.24, 2.45) is 0 Å². The van der Waals surface area contributed by atoms with Crippen LogP contribution < -0.4 is 4.74 Å². The monoisotopic (exact) mass is 349 g/mol. The first-order chi connectivity index (χ1) is 12.7. The maximum absolute atomic E-state index is 12.9. The third-order valence-corrected chi connectivity index (χ3v) is 4.56. The van der Waals surface area contributed by atoms with Crippen LogP contribution in [0.25, 0.3) is 5.69 Å². The fourth-order valence-electron chi connectivity index (χ4n) is 3.17. The first-order valence-corrected chi connectivity index (χ1v) is 8.52. The molecule has 3 heterocycles. The first kappa shape index (κ1) is 16.3. The summed E-state index contributed by atoms with van der Waals surface area (Å²) in [5.74, 6) is 0.742. The molecule has 0 saturated carbocycles. The fraction of sp³-hybridized carbons (Fsp3) is 0.263. The van der Waals surface area contributed by atoms with Crippen molar-refractivity contribution < 1.29 is 9.53 Å². The van der Waals surface area contributed by atoms with Gasteiger partial charge in [0.1, 0.15) is 5.75 Å². The van der Waals surface area contributed by atoms with Crippen LogP contribution in [0.2, 0.25) is 0 Å². The Morgan fingerprint density at radius 2 is 2.15 bits per heavy atom. The maximum Gasteiger partial charge on any atom is 0.276 e. The van der Waals surface area contributed by atoms with Crippen molar-refractivity contribution in [3.8, 4) is 11.4 Å². The van der Waals surface area contributed by atoms with Crippen LogP contribution >= 0.6 is 0 Å². The second-order valence-corrected chi connectivity index (χ2v) is 6.22. The van der Waals surface area contributed by atoms with E-state index in [0.717, 1.165) is 29.8 Å². The van der Waals surface area contributed by atoms with Crippen LogP contribution in [0.4, 0.5) is 0 Å². The SMILES string of the molecule is COc1ccc2c(c1)CCCN(C(=O)c1cn(-c3cccnc3)nn1)C2. The van der Waals surface area contributed by atoms with Gasteiger partial charge in [-0.05, 0) is 48.2 Å². The molecular formula is C19H19N5O2. The molecule has 1 aromatic carbocycles. The Hall–Kier alpha value is -3.22. The predicted octanol–water partition coefficient (Wildman–Crippen LogP) is 2.26. The number of aromatic nitrogens is 4. The van der Waals surface area contributed by atoms with E-state index in [1.165, 1.54) is 5.56 Å². The van der Waals surface area contributed by atoms with Gasteiger partial charge in [0.2, 0.25) is 0 Å². The summed E-state index contributed by atoms with van der Waals surface area (Å²) in [6.45, 7) is 1.26. The number of hydrogen-bond acceptors (Lipinski definition) is 5. The Morgan fingerprint density at radius 3 is 2.96 bits per heavy atom. The fourth-order valence-corrected chi connectivity index (χ4v) is 3.17. The molecule has 132 valence electrons. The van der Waals surface area contributed by atoms with E-state index < -0.39 is 0 Å². The molecule has 7 heteroatoms. The van der Waals surface area contributed by atoms with Gasteiger partial charge in [-0.25, -0.2) is 4.68 Å². The van der Waals surface area contributed by atoms with E-state index in [2.05, 4.69) is 21.4 Å². The van der Waals surface area contributed by atoms with Gasteiger partial charge in [-0.1, -0.05) is 11.3 Å². The summed E-state index contributed by atoms with van der Waals surface area (Å²) in [7, 11) is 1.67. The molecule has 0 aliphatic carbocycles. The maximum atomic E-state index is 12.9. The van der Waals surface area contributed by atoms with Crippen LogP contribution in [-0.2, 0) is 13.0 Å². The number of amides is 1. The molecule has 0 bridgehead atoms. The molecule has 1 aliphatic heterocycles. The number of carbonyl (C=O) groups is 1. The minimum atomic E-state index is -0.108. The summed E-state index contributed by atoms with van der Waals surface area (Å²) < 4.78 is 6.87. The molecule has 7 nitrogen and oxygen atoms in total. The highest BCUT2D eigenvalue weighted by Gasteiger charge is 2.23. The van der Waals surface area contributed by atoms with Crippen LogP contribution in [-0.4, -0.2) is 44.4 Å². The number of nitrogens with zero attached hydrogens (tertiary/aromatic N) is 5. The number of hydrogen-bond donors (Lipinski definition) is 0. The third kappa shape index (κ3) is 3.15. The van der Waals surface area contributed by atoms with Crippen molar-refractivity contribution in [2.45, 2.75) is 19.4 Å². The van der Waals surface area contributed by atoms with E-state index in [1.807, 2.05) is 29.2 Å². The Morgan fingerprint density at radius 1 is 1.23 bits per heavy atom. The van der Waals surface area contributed by atoms with Crippen molar-refractivity contribution in [2.75, 3.05) is 13.7 Å². The van der Waals surface area contributed by atoms with Gasteiger partial charge >= 0.3 is 0 Å². The molecule has 0 unspecified atom stereocenters. The van der Waals surface area contributed by atoms with E-state index in [4.69, 9.17) is 4.74 Å². The summed E-state index contributed by atoms with van der Waals surface area (Å²) in [5.41, 5.74) is 3.49. The predicted molar refractivity (Wildman–Crippen MR) is 95.2 cm³/mol. The Labute approximate surface area is 151 Å². The van der Waals surface area contributed by atoms with Crippen LogP contribution in [0.3, 0.4) is 0 Å². The van der Waals surface area contributed by atoms with Crippen molar-refractivity contribution >= 4 is 5.91 Å². The lowest BCUT2D eigenvalue weighted by molar-refractivity contribution is 0.0740. The second kappa shape index (κ2) is 6.95. The lowest BCUT2D eigenvalue weighted by atomic mass is 10.0. The minimum absolute atomic E-state index is 0.108. The van der Waals surface area contributed by atoms with Crippen molar-refractivity contribution in [1.29, 1.82) is 0 Å². The van der Waals surface area contributed by atoms with Gasteiger partial charge in [0, 0.05) is 19.3 Å². The quantitative estimate of drug-likeness (QED) is 0.725. The molecule has 0 fully saturated rings. The molecule has 4 rings (SSSR count). The average Bonchev–Trinajstić information content (AvgIpc) is 3.08. The van der Waals surface area contributed by atoms with Crippen molar-refractivity contribution in [3.63, 3.8) is 0 Å². The van der Waals surface area contributed by atoms with E-state index in [9.17, 15) is 4.79 Å². The zero-order valence-corrected chi connectivity index (χ0v) is 14.5. The number of methoxy groups -OCH3 is 1. The highest BCUT2D eigenvalue weighted by Crippen LogP contribution is 2.24. The average molecular weight is 349 g/mol. The molecule has 0 radical (unpaired) electrons. The number of rotatable bonds is 3. The molecular weight excluding hydrogens is 330 g/mol. The van der Waals surface area contributed by atoms with E-state index >= 15 is 0 Å². The molecule has 3 aromatic rings. The normalized spacial score (nSPS) is 13.8. The van der Waals surface area contributed by atoms with Gasteiger partial charge in [0.15, 0.2) is 5.69 Å². The van der Waals surface area contributed by atoms with Crippen LogP contribution in [0.5, 0.6) is 5.75 Å². The lowest BCUT2D eigenvalue weighted by Crippen LogP contribution is -2.31. The molecule has 0 N–H and O–H groups in total. The highest BCUT2D eigenvalue weighted by molar-refractivity contribution is 5.92. The lowest BCUT2D eigenvalue weighted by Gasteiger charge is -2.19. The van der Waals surface area contributed by atoms with Crippen LogP contribution in [0.1, 0.15) is 28.0 Å². The largest absolute Gasteiger partial charge is 0.497 e. The molecule has 1 amide bonds. The second-order valence-electron chi connectivity index (χ2n) is 6.22. The highest BCUT2D eigenvalue weighted by atomic mass is 16.5. The molecule has 0 atom stereocenters. The van der Waals surface area contributed by atoms with Crippen LogP contribution in [0.15, 0.2) is 48.9 Å². The number of carbonyl (C=O) groups excluding carboxylic acids is 1. The Kier molecular flexibility index (Phi) is 4.35. The van der Waals surface area contributed by atoms with Gasteiger partial charge in [0.05, 0.1) is 25.2 Å². The van der Waals surface area contributed by atoms with Gasteiger partial charge in [-0.3, -0.25) is 9.78 Å². The van der Waals surface area contributed by atoms with Crippen molar-refractivity contribution in [1.82, 2.24) is 24.9 Å². The van der Waals surface area contributed by atoms with E-state index in [-0.39, 0.29) is 5.91 Å². The summed E-state index contributed by atoms with van der Waals surface area (Å²) >= 11 is 0. The van der Waals surface area contributed by atoms with E-state index in [1.54, 1.807) is 30.4 Å². The van der Waals surface area contributed by atoms with E-state index in [0.29, 0.717) is 18.8 Å². The number of pyridine rings is 1. The molecule has 1 aliphatic rings. The summed E-state index contributed by atoms with van der Waals surface area (Å²) in [5, 5.41) is 8.11. The van der Waals surface area contributed by atoms with Crippen LogP contribution in [0, 0.1) is 0 Å². The summed E-state index contributed by atoms with van der Waals surface area (Å²) in [6.07, 6.45) is 6.86. The van der Waals surface area contributed by atoms with Crippen molar-refractivity contribution in [3.05, 3.63) is 65.7 Å². The third-order valence-electron chi connectivity index (χ3n) is 4.56. The minimum Gasteiger partial charge on any atom is -0.497 e. The van der Waals surface area contributed by atoms with Gasteiger partial charge in [0.25, 0.3) is 5.91 Å². The number of benzene rings is 1. The smallest absolute Gasteiger partial charge is 0.276 e. The Bertz CT molecular complexity index is 923. The number of fused-ring (bicyclic) bond motifs is 1. The number of ether oxygens (including phenoxy) is 1. The standard InChI is InChI=1S/C19H19N5O2/c1-26-17-7-6-15-12-23(9-3-4-14(15)10-17)19(25)18-13-24(22-21-18)16-5-2-8-20-11-16/h2,5-8,10-11,13H,3-4,9,12H2,1H3. The first-order valence-electron chi connectivity index (χ1n) is 8.52. The Balaban J connectivity index is 1.55. The molecule has 0 saturated heterocycles. The zero-order chi connectivity index (χ0) is 17.9. The topological polar surface area (TPSA) is 73.1 Å². The summed E-state index contributed by atoms with van der Waals surface area (Å²) in [4.78, 5) is 18.8. The molecule has 2 aromatic heterocycles.